The van der Waals surface area contributed by atoms with Gasteiger partial charge in [0.1, 0.15) is 0 Å². The Bertz CT molecular complexity index is 303. The SMILES string of the molecule is C=C(C)CN[C@H](C)c1ccc(Cl)cc1. The molecule has 1 aromatic carbocycles. The van der Waals surface area contributed by atoms with E-state index in [1.54, 1.807) is 0 Å². The van der Waals surface area contributed by atoms with Gasteiger partial charge in [0.15, 0.2) is 0 Å². The third-order valence-corrected chi connectivity index (χ3v) is 2.33. The van der Waals surface area contributed by atoms with E-state index in [1.165, 1.54) is 5.56 Å². The topological polar surface area (TPSA) is 12.0 Å². The van der Waals surface area contributed by atoms with Gasteiger partial charge in [-0.3, -0.25) is 0 Å². The van der Waals surface area contributed by atoms with Gasteiger partial charge in [0, 0.05) is 17.6 Å². The number of hydrogen-bond acceptors (Lipinski definition) is 1. The molecule has 0 amide bonds. The molecule has 0 aliphatic rings. The molecule has 1 nitrogen and oxygen atoms in total. The molecule has 0 aliphatic heterocycles. The van der Waals surface area contributed by atoms with Gasteiger partial charge in [0.25, 0.3) is 0 Å². The van der Waals surface area contributed by atoms with E-state index in [9.17, 15) is 0 Å². The van der Waals surface area contributed by atoms with Gasteiger partial charge >= 0.3 is 0 Å². The van der Waals surface area contributed by atoms with Crippen molar-refractivity contribution in [3.63, 3.8) is 0 Å². The predicted molar refractivity (Wildman–Crippen MR) is 62.7 cm³/mol. The molecule has 1 N–H and O–H groups in total. The van der Waals surface area contributed by atoms with Crippen molar-refractivity contribution in [2.24, 2.45) is 0 Å². The predicted octanol–water partition coefficient (Wildman–Crippen LogP) is 3.57. The van der Waals surface area contributed by atoms with E-state index in [4.69, 9.17) is 11.6 Å². The average molecular weight is 210 g/mol. The van der Waals surface area contributed by atoms with Crippen LogP contribution < -0.4 is 5.32 Å². The van der Waals surface area contributed by atoms with Gasteiger partial charge in [-0.05, 0) is 31.5 Å². The van der Waals surface area contributed by atoms with Gasteiger partial charge < -0.3 is 5.32 Å². The Morgan fingerprint density at radius 1 is 1.43 bits per heavy atom. The Hall–Kier alpha value is -0.790. The molecule has 0 radical (unpaired) electrons. The van der Waals surface area contributed by atoms with E-state index in [1.807, 2.05) is 31.2 Å². The highest BCUT2D eigenvalue weighted by Crippen LogP contribution is 2.15. The van der Waals surface area contributed by atoms with Crippen LogP contribution in [0.3, 0.4) is 0 Å². The smallest absolute Gasteiger partial charge is 0.0406 e. The zero-order valence-corrected chi connectivity index (χ0v) is 9.43. The normalized spacial score (nSPS) is 12.5. The maximum absolute atomic E-state index is 5.81. The Morgan fingerprint density at radius 3 is 2.50 bits per heavy atom. The lowest BCUT2D eigenvalue weighted by molar-refractivity contribution is 0.607. The first-order chi connectivity index (χ1) is 6.59. The minimum absolute atomic E-state index is 0.337. The highest BCUT2D eigenvalue weighted by molar-refractivity contribution is 6.30. The van der Waals surface area contributed by atoms with Crippen LogP contribution in [0.1, 0.15) is 25.5 Å². The van der Waals surface area contributed by atoms with Gasteiger partial charge in [-0.15, -0.1) is 0 Å². The fraction of sp³-hybridized carbons (Fsp3) is 0.333. The molecule has 0 heterocycles. The van der Waals surface area contributed by atoms with Crippen LogP contribution in [0.25, 0.3) is 0 Å². The maximum atomic E-state index is 5.81. The summed E-state index contributed by atoms with van der Waals surface area (Å²) in [4.78, 5) is 0. The van der Waals surface area contributed by atoms with Crippen LogP contribution in [0, 0.1) is 0 Å². The van der Waals surface area contributed by atoms with Crippen LogP contribution in [0.4, 0.5) is 0 Å². The van der Waals surface area contributed by atoms with Crippen LogP contribution >= 0.6 is 11.6 Å². The van der Waals surface area contributed by atoms with E-state index in [0.29, 0.717) is 6.04 Å². The van der Waals surface area contributed by atoms with Crippen molar-refractivity contribution in [3.8, 4) is 0 Å². The molecule has 76 valence electrons. The minimum atomic E-state index is 0.337. The number of benzene rings is 1. The summed E-state index contributed by atoms with van der Waals surface area (Å²) in [5.41, 5.74) is 2.39. The summed E-state index contributed by atoms with van der Waals surface area (Å²) in [5, 5.41) is 4.15. The highest BCUT2D eigenvalue weighted by atomic mass is 35.5. The van der Waals surface area contributed by atoms with Crippen molar-refractivity contribution in [1.29, 1.82) is 0 Å². The van der Waals surface area contributed by atoms with E-state index in [-0.39, 0.29) is 0 Å². The Morgan fingerprint density at radius 2 is 2.00 bits per heavy atom. The average Bonchev–Trinajstić information content (AvgIpc) is 2.15. The highest BCUT2D eigenvalue weighted by Gasteiger charge is 2.03. The van der Waals surface area contributed by atoms with Gasteiger partial charge in [0.05, 0.1) is 0 Å². The summed E-state index contributed by atoms with van der Waals surface area (Å²) in [5.74, 6) is 0. The monoisotopic (exact) mass is 209 g/mol. The molecule has 14 heavy (non-hydrogen) atoms. The third-order valence-electron chi connectivity index (χ3n) is 2.08. The molecule has 0 saturated heterocycles. The van der Waals surface area contributed by atoms with Crippen LogP contribution in [0.2, 0.25) is 5.02 Å². The van der Waals surface area contributed by atoms with Crippen molar-refractivity contribution >= 4 is 11.6 Å². The molecule has 1 aromatic rings. The number of halogens is 1. The first-order valence-electron chi connectivity index (χ1n) is 4.73. The maximum Gasteiger partial charge on any atom is 0.0406 e. The lowest BCUT2D eigenvalue weighted by Crippen LogP contribution is -2.20. The summed E-state index contributed by atoms with van der Waals surface area (Å²) in [6.07, 6.45) is 0. The van der Waals surface area contributed by atoms with Gasteiger partial charge in [0.2, 0.25) is 0 Å². The van der Waals surface area contributed by atoms with Gasteiger partial charge in [-0.25, -0.2) is 0 Å². The van der Waals surface area contributed by atoms with Crippen molar-refractivity contribution in [1.82, 2.24) is 5.32 Å². The summed E-state index contributed by atoms with van der Waals surface area (Å²) in [6.45, 7) is 8.85. The molecule has 0 saturated carbocycles. The Balaban J connectivity index is 2.56. The second-order valence-electron chi connectivity index (χ2n) is 3.61. The van der Waals surface area contributed by atoms with E-state index >= 15 is 0 Å². The first kappa shape index (κ1) is 11.3. The summed E-state index contributed by atoms with van der Waals surface area (Å²) in [7, 11) is 0. The number of nitrogens with one attached hydrogen (secondary N) is 1. The Kier molecular flexibility index (Phi) is 4.18. The van der Waals surface area contributed by atoms with Crippen molar-refractivity contribution in [2.75, 3.05) is 6.54 Å². The molecule has 2 heteroatoms. The number of hydrogen-bond donors (Lipinski definition) is 1. The number of rotatable bonds is 4. The molecule has 0 bridgehead atoms. The molecule has 1 rings (SSSR count). The molecular formula is C12H16ClN. The second kappa shape index (κ2) is 5.18. The second-order valence-corrected chi connectivity index (χ2v) is 4.05. The van der Waals surface area contributed by atoms with Crippen LogP contribution in [0.15, 0.2) is 36.4 Å². The van der Waals surface area contributed by atoms with Crippen LogP contribution in [-0.2, 0) is 0 Å². The van der Waals surface area contributed by atoms with E-state index in [2.05, 4.69) is 18.8 Å². The first-order valence-corrected chi connectivity index (χ1v) is 5.10. The molecular weight excluding hydrogens is 194 g/mol. The Labute approximate surface area is 90.8 Å². The quantitative estimate of drug-likeness (QED) is 0.748. The standard InChI is InChI=1S/C12H16ClN/c1-9(2)8-14-10(3)11-4-6-12(13)7-5-11/h4-7,10,14H,1,8H2,2-3H3/t10-/m1/s1. The van der Waals surface area contributed by atoms with Crippen molar-refractivity contribution in [3.05, 3.63) is 47.0 Å². The molecule has 0 spiro atoms. The van der Waals surface area contributed by atoms with E-state index < -0.39 is 0 Å². The van der Waals surface area contributed by atoms with Crippen molar-refractivity contribution < 1.29 is 0 Å². The van der Waals surface area contributed by atoms with Gasteiger partial charge in [-0.2, -0.15) is 0 Å². The minimum Gasteiger partial charge on any atom is -0.306 e. The molecule has 1 atom stereocenters. The third kappa shape index (κ3) is 3.52. The summed E-state index contributed by atoms with van der Waals surface area (Å²) >= 11 is 5.81. The summed E-state index contributed by atoms with van der Waals surface area (Å²) in [6, 6.07) is 8.24. The molecule has 0 aliphatic carbocycles. The fourth-order valence-corrected chi connectivity index (χ4v) is 1.32. The molecule has 0 fully saturated rings. The largest absolute Gasteiger partial charge is 0.306 e. The fourth-order valence-electron chi connectivity index (χ4n) is 1.20. The molecule has 0 unspecified atom stereocenters. The van der Waals surface area contributed by atoms with Gasteiger partial charge in [-0.1, -0.05) is 35.9 Å². The van der Waals surface area contributed by atoms with Crippen LogP contribution in [0.5, 0.6) is 0 Å². The lowest BCUT2D eigenvalue weighted by atomic mass is 10.1. The zero-order chi connectivity index (χ0) is 10.6. The van der Waals surface area contributed by atoms with Crippen molar-refractivity contribution in [2.45, 2.75) is 19.9 Å². The lowest BCUT2D eigenvalue weighted by Gasteiger charge is -2.14. The van der Waals surface area contributed by atoms with Crippen LogP contribution in [-0.4, -0.2) is 6.54 Å². The molecule has 0 aromatic heterocycles. The summed E-state index contributed by atoms with van der Waals surface area (Å²) < 4.78 is 0. The zero-order valence-electron chi connectivity index (χ0n) is 8.68. The van der Waals surface area contributed by atoms with E-state index in [0.717, 1.165) is 17.1 Å².